The molecule has 0 N–H and O–H groups in total. The van der Waals surface area contributed by atoms with Crippen molar-refractivity contribution >= 4 is 33.0 Å². The van der Waals surface area contributed by atoms with Crippen LogP contribution in [0.4, 0.5) is 17.6 Å². The summed E-state index contributed by atoms with van der Waals surface area (Å²) >= 11 is 10.7. The highest BCUT2D eigenvalue weighted by Gasteiger charge is 2.22. The van der Waals surface area contributed by atoms with E-state index < -0.39 is 54.7 Å². The Balaban J connectivity index is 2.31. The maximum atomic E-state index is 13.7. The molecule has 124 valence electrons. The predicted octanol–water partition coefficient (Wildman–Crippen LogP) is 4.66. The van der Waals surface area contributed by atoms with Gasteiger partial charge in [0.1, 0.15) is 33.3 Å². The van der Waals surface area contributed by atoms with Crippen LogP contribution in [0.2, 0.25) is 10.0 Å². The quantitative estimate of drug-likeness (QED) is 0.565. The predicted molar refractivity (Wildman–Crippen MR) is 79.1 cm³/mol. The van der Waals surface area contributed by atoms with Crippen LogP contribution in [0.1, 0.15) is 11.1 Å². The first kappa shape index (κ1) is 18.0. The van der Waals surface area contributed by atoms with Gasteiger partial charge in [0.15, 0.2) is 9.84 Å². The topological polar surface area (TPSA) is 34.1 Å². The molecule has 0 spiro atoms. The van der Waals surface area contributed by atoms with Crippen LogP contribution >= 0.6 is 23.2 Å². The van der Waals surface area contributed by atoms with Gasteiger partial charge in [0.25, 0.3) is 0 Å². The first-order chi connectivity index (χ1) is 10.6. The summed E-state index contributed by atoms with van der Waals surface area (Å²) < 4.78 is 77.7. The Hall–Kier alpha value is -1.31. The summed E-state index contributed by atoms with van der Waals surface area (Å²) in [4.78, 5) is 0. The molecule has 0 saturated carbocycles. The normalized spacial score (nSPS) is 11.7. The van der Waals surface area contributed by atoms with E-state index in [1.807, 2.05) is 0 Å². The standard InChI is InChI=1S/C14H8Cl2F4O2S/c15-11-9(17)3-1-7(13(11)19)5-23(21,22)6-8-2-4-10(18)12(16)14(8)20/h1-4H,5-6H2. The van der Waals surface area contributed by atoms with Crippen molar-refractivity contribution in [2.45, 2.75) is 11.5 Å². The third kappa shape index (κ3) is 3.97. The molecule has 0 heterocycles. The summed E-state index contributed by atoms with van der Waals surface area (Å²) in [5, 5.41) is -1.65. The van der Waals surface area contributed by atoms with Gasteiger partial charge in [-0.25, -0.2) is 26.0 Å². The summed E-state index contributed by atoms with van der Waals surface area (Å²) in [7, 11) is -4.03. The minimum Gasteiger partial charge on any atom is -0.228 e. The van der Waals surface area contributed by atoms with Crippen molar-refractivity contribution in [2.24, 2.45) is 0 Å². The van der Waals surface area contributed by atoms with E-state index in [1.54, 1.807) is 0 Å². The van der Waals surface area contributed by atoms with Crippen LogP contribution in [0, 0.1) is 23.3 Å². The molecule has 2 rings (SSSR count). The molecule has 0 radical (unpaired) electrons. The zero-order valence-electron chi connectivity index (χ0n) is 11.2. The highest BCUT2D eigenvalue weighted by molar-refractivity contribution is 7.89. The largest absolute Gasteiger partial charge is 0.228 e. The third-order valence-electron chi connectivity index (χ3n) is 2.98. The monoisotopic (exact) mass is 386 g/mol. The fourth-order valence-electron chi connectivity index (χ4n) is 1.88. The summed E-state index contributed by atoms with van der Waals surface area (Å²) in [6.07, 6.45) is 0. The molecule has 0 amide bonds. The minimum atomic E-state index is -4.03. The van der Waals surface area contributed by atoms with E-state index in [-0.39, 0.29) is 11.1 Å². The lowest BCUT2D eigenvalue weighted by molar-refractivity contribution is 0.564. The van der Waals surface area contributed by atoms with Crippen LogP contribution in [0.25, 0.3) is 0 Å². The van der Waals surface area contributed by atoms with E-state index in [1.165, 1.54) is 0 Å². The zero-order chi connectivity index (χ0) is 17.4. The van der Waals surface area contributed by atoms with Gasteiger partial charge >= 0.3 is 0 Å². The molecule has 23 heavy (non-hydrogen) atoms. The summed E-state index contributed by atoms with van der Waals surface area (Å²) in [5.74, 6) is -6.11. The highest BCUT2D eigenvalue weighted by atomic mass is 35.5. The minimum absolute atomic E-state index is 0.356. The van der Waals surface area contributed by atoms with Gasteiger partial charge < -0.3 is 0 Å². The van der Waals surface area contributed by atoms with Crippen molar-refractivity contribution in [2.75, 3.05) is 0 Å². The summed E-state index contributed by atoms with van der Waals surface area (Å²) in [5.41, 5.74) is -0.713. The van der Waals surface area contributed by atoms with Crippen molar-refractivity contribution in [3.63, 3.8) is 0 Å². The lowest BCUT2D eigenvalue weighted by Gasteiger charge is -2.09. The second kappa shape index (κ2) is 6.67. The van der Waals surface area contributed by atoms with Gasteiger partial charge in [-0.15, -0.1) is 0 Å². The molecule has 0 unspecified atom stereocenters. The fraction of sp³-hybridized carbons (Fsp3) is 0.143. The molecule has 0 aliphatic heterocycles. The van der Waals surface area contributed by atoms with Gasteiger partial charge in [-0.05, 0) is 12.1 Å². The molecular weight excluding hydrogens is 379 g/mol. The van der Waals surface area contributed by atoms with E-state index >= 15 is 0 Å². The van der Waals surface area contributed by atoms with Crippen LogP contribution in [-0.2, 0) is 21.3 Å². The van der Waals surface area contributed by atoms with Crippen LogP contribution in [-0.4, -0.2) is 8.42 Å². The number of halogens is 6. The highest BCUT2D eigenvalue weighted by Crippen LogP contribution is 2.26. The van der Waals surface area contributed by atoms with Crippen molar-refractivity contribution in [1.82, 2.24) is 0 Å². The van der Waals surface area contributed by atoms with Crippen LogP contribution < -0.4 is 0 Å². The van der Waals surface area contributed by atoms with Gasteiger partial charge in [0, 0.05) is 11.1 Å². The van der Waals surface area contributed by atoms with Crippen LogP contribution in [0.3, 0.4) is 0 Å². The molecule has 9 heteroatoms. The Morgan fingerprint density at radius 1 is 0.739 bits per heavy atom. The van der Waals surface area contributed by atoms with Gasteiger partial charge in [-0.2, -0.15) is 0 Å². The molecule has 0 bridgehead atoms. The summed E-state index contributed by atoms with van der Waals surface area (Å²) in [6.45, 7) is 0. The van der Waals surface area contributed by atoms with Crippen LogP contribution in [0.15, 0.2) is 24.3 Å². The van der Waals surface area contributed by atoms with E-state index in [9.17, 15) is 26.0 Å². The van der Waals surface area contributed by atoms with Gasteiger partial charge in [0.2, 0.25) is 0 Å². The molecule has 0 aliphatic rings. The Kier molecular flexibility index (Phi) is 5.23. The second-order valence-electron chi connectivity index (χ2n) is 4.70. The average molecular weight is 387 g/mol. The van der Waals surface area contributed by atoms with E-state index in [0.717, 1.165) is 24.3 Å². The number of hydrogen-bond acceptors (Lipinski definition) is 2. The zero-order valence-corrected chi connectivity index (χ0v) is 13.5. The van der Waals surface area contributed by atoms with E-state index in [4.69, 9.17) is 23.2 Å². The third-order valence-corrected chi connectivity index (χ3v) is 5.18. The fourth-order valence-corrected chi connectivity index (χ4v) is 3.74. The van der Waals surface area contributed by atoms with Crippen molar-refractivity contribution in [1.29, 1.82) is 0 Å². The Morgan fingerprint density at radius 3 is 1.43 bits per heavy atom. The van der Waals surface area contributed by atoms with Crippen molar-refractivity contribution < 1.29 is 26.0 Å². The Bertz CT molecular complexity index is 804. The SMILES string of the molecule is O=S(=O)(Cc1ccc(F)c(Cl)c1F)Cc1ccc(F)c(Cl)c1F. The van der Waals surface area contributed by atoms with Gasteiger partial charge in [0.05, 0.1) is 11.5 Å². The number of rotatable bonds is 4. The number of sulfone groups is 1. The molecule has 2 nitrogen and oxygen atoms in total. The molecule has 0 aliphatic carbocycles. The van der Waals surface area contributed by atoms with Crippen molar-refractivity contribution in [3.8, 4) is 0 Å². The maximum absolute atomic E-state index is 13.7. The molecule has 2 aromatic rings. The van der Waals surface area contributed by atoms with Crippen LogP contribution in [0.5, 0.6) is 0 Å². The smallest absolute Gasteiger partial charge is 0.158 e. The number of benzene rings is 2. The number of hydrogen-bond donors (Lipinski definition) is 0. The van der Waals surface area contributed by atoms with Gasteiger partial charge in [-0.1, -0.05) is 35.3 Å². The maximum Gasteiger partial charge on any atom is 0.158 e. The Morgan fingerprint density at radius 2 is 1.09 bits per heavy atom. The molecule has 0 aromatic heterocycles. The Labute approximate surface area is 139 Å². The lowest BCUT2D eigenvalue weighted by atomic mass is 10.2. The summed E-state index contributed by atoms with van der Waals surface area (Å²) in [6, 6.07) is 3.52. The van der Waals surface area contributed by atoms with E-state index in [2.05, 4.69) is 0 Å². The molecular formula is C14H8Cl2F4O2S. The first-order valence-electron chi connectivity index (χ1n) is 6.07. The molecule has 2 aromatic carbocycles. The lowest BCUT2D eigenvalue weighted by Crippen LogP contribution is -2.11. The molecule has 0 atom stereocenters. The first-order valence-corrected chi connectivity index (χ1v) is 8.65. The van der Waals surface area contributed by atoms with Crippen molar-refractivity contribution in [3.05, 3.63) is 68.7 Å². The average Bonchev–Trinajstić information content (AvgIpc) is 2.48. The second-order valence-corrected chi connectivity index (χ2v) is 7.52. The van der Waals surface area contributed by atoms with Gasteiger partial charge in [-0.3, -0.25) is 0 Å². The molecule has 0 saturated heterocycles. The molecule has 0 fully saturated rings. The van der Waals surface area contributed by atoms with E-state index in [0.29, 0.717) is 0 Å².